The number of hydrogen-bond acceptors (Lipinski definition) is 4. The smallest absolute Gasteiger partial charge is 0.239 e. The lowest BCUT2D eigenvalue weighted by atomic mass is 9.79. The molecule has 0 aliphatic heterocycles. The molecule has 0 saturated heterocycles. The molecule has 2 aliphatic carbocycles. The van der Waals surface area contributed by atoms with Gasteiger partial charge in [0.25, 0.3) is 0 Å². The molecule has 2 fully saturated rings. The number of rotatable bonds is 4. The van der Waals surface area contributed by atoms with Gasteiger partial charge in [0.2, 0.25) is 5.91 Å². The van der Waals surface area contributed by atoms with E-state index < -0.39 is 5.41 Å². The Hall–Kier alpha value is -1.01. The molecule has 6 heteroatoms. The quantitative estimate of drug-likeness (QED) is 0.656. The molecule has 3 N–H and O–H groups in total. The van der Waals surface area contributed by atoms with Crippen LogP contribution < -0.4 is 11.1 Å². The van der Waals surface area contributed by atoms with Crippen molar-refractivity contribution in [2.45, 2.75) is 57.3 Å². The Morgan fingerprint density at radius 3 is 2.57 bits per heavy atom. The molecular formula is C15H21N3OS2. The van der Waals surface area contributed by atoms with Crippen LogP contribution in [0.25, 0.3) is 0 Å². The summed E-state index contributed by atoms with van der Waals surface area (Å²) < 4.78 is 0. The minimum Gasteiger partial charge on any atom is -0.392 e. The topological polar surface area (TPSA) is 68.0 Å². The second-order valence-electron chi connectivity index (χ2n) is 6.17. The summed E-state index contributed by atoms with van der Waals surface area (Å²) in [4.78, 5) is 17.6. The van der Waals surface area contributed by atoms with Crippen molar-refractivity contribution in [3.8, 4) is 0 Å². The summed E-state index contributed by atoms with van der Waals surface area (Å²) in [6, 6.07) is 0. The number of nitrogens with zero attached hydrogens (tertiary/aromatic N) is 1. The Labute approximate surface area is 134 Å². The van der Waals surface area contributed by atoms with Gasteiger partial charge in [-0.1, -0.05) is 37.9 Å². The highest BCUT2D eigenvalue weighted by Gasteiger charge is 2.42. The van der Waals surface area contributed by atoms with Crippen molar-refractivity contribution in [1.29, 1.82) is 0 Å². The Morgan fingerprint density at radius 1 is 1.33 bits per heavy atom. The summed E-state index contributed by atoms with van der Waals surface area (Å²) in [5.41, 5.74) is 6.37. The van der Waals surface area contributed by atoms with Gasteiger partial charge in [-0.05, 0) is 25.7 Å². The minimum absolute atomic E-state index is 0.0615. The Balaban J connectivity index is 1.75. The van der Waals surface area contributed by atoms with Crippen LogP contribution in [0.2, 0.25) is 0 Å². The molecule has 1 amide bonds. The normalized spacial score (nSPS) is 21.5. The molecule has 114 valence electrons. The number of anilines is 1. The largest absolute Gasteiger partial charge is 0.392 e. The standard InChI is InChI=1S/C15H21N3OS2/c16-12(20)15(7-3-1-2-4-8-15)13(19)18-14-17-11(9-21-14)10-5-6-10/h9-10H,1-8H2,(H2,16,20)(H,17,18,19). The van der Waals surface area contributed by atoms with E-state index >= 15 is 0 Å². The van der Waals surface area contributed by atoms with Crippen molar-refractivity contribution >= 4 is 39.6 Å². The number of hydrogen-bond donors (Lipinski definition) is 2. The van der Waals surface area contributed by atoms with E-state index in [9.17, 15) is 4.79 Å². The first-order chi connectivity index (χ1) is 10.1. The molecule has 21 heavy (non-hydrogen) atoms. The molecule has 1 aromatic rings. The molecule has 1 aromatic heterocycles. The van der Waals surface area contributed by atoms with Crippen LogP contribution in [0.15, 0.2) is 5.38 Å². The fourth-order valence-corrected chi connectivity index (χ4v) is 4.13. The molecule has 1 heterocycles. The number of aromatic nitrogens is 1. The van der Waals surface area contributed by atoms with Crippen LogP contribution in [0.4, 0.5) is 5.13 Å². The summed E-state index contributed by atoms with van der Waals surface area (Å²) in [5.74, 6) is 0.544. The number of amides is 1. The fourth-order valence-electron chi connectivity index (χ4n) is 3.04. The minimum atomic E-state index is -0.683. The van der Waals surface area contributed by atoms with Crippen molar-refractivity contribution < 1.29 is 4.79 Å². The monoisotopic (exact) mass is 323 g/mol. The second kappa shape index (κ2) is 6.01. The summed E-state index contributed by atoms with van der Waals surface area (Å²) in [6.45, 7) is 0. The van der Waals surface area contributed by atoms with E-state index in [0.29, 0.717) is 16.0 Å². The fraction of sp³-hybridized carbons (Fsp3) is 0.667. The van der Waals surface area contributed by atoms with Crippen LogP contribution in [-0.2, 0) is 4.79 Å². The summed E-state index contributed by atoms with van der Waals surface area (Å²) in [5, 5.41) is 5.70. The molecule has 0 spiro atoms. The SMILES string of the molecule is NC(=S)C1(C(=O)Nc2nc(C3CC3)cs2)CCCCCC1. The van der Waals surface area contributed by atoms with E-state index in [1.807, 2.05) is 5.38 Å². The molecule has 3 rings (SSSR count). The number of nitrogens with one attached hydrogen (secondary N) is 1. The molecule has 0 unspecified atom stereocenters. The highest BCUT2D eigenvalue weighted by atomic mass is 32.1. The third kappa shape index (κ3) is 3.11. The lowest BCUT2D eigenvalue weighted by Crippen LogP contribution is -2.45. The van der Waals surface area contributed by atoms with Crippen LogP contribution in [0, 0.1) is 5.41 Å². The summed E-state index contributed by atoms with van der Waals surface area (Å²) in [6.07, 6.45) is 8.28. The summed E-state index contributed by atoms with van der Waals surface area (Å²) >= 11 is 6.74. The van der Waals surface area contributed by atoms with E-state index in [1.165, 1.54) is 24.2 Å². The van der Waals surface area contributed by atoms with Gasteiger partial charge in [-0.25, -0.2) is 4.98 Å². The number of thiocarbonyl (C=S) groups is 1. The van der Waals surface area contributed by atoms with Crippen molar-refractivity contribution in [1.82, 2.24) is 4.98 Å². The van der Waals surface area contributed by atoms with Gasteiger partial charge in [-0.15, -0.1) is 11.3 Å². The van der Waals surface area contributed by atoms with E-state index in [1.54, 1.807) is 0 Å². The lowest BCUT2D eigenvalue weighted by molar-refractivity contribution is -0.122. The predicted octanol–water partition coefficient (Wildman–Crippen LogP) is 3.59. The molecule has 4 nitrogen and oxygen atoms in total. The average Bonchev–Trinajstić information content (AvgIpc) is 3.24. The van der Waals surface area contributed by atoms with Gasteiger partial charge in [0.15, 0.2) is 5.13 Å². The summed E-state index contributed by atoms with van der Waals surface area (Å²) in [7, 11) is 0. The van der Waals surface area contributed by atoms with Crippen molar-refractivity contribution in [2.75, 3.05) is 5.32 Å². The molecule has 0 bridgehead atoms. The zero-order valence-electron chi connectivity index (χ0n) is 12.1. The van der Waals surface area contributed by atoms with E-state index in [2.05, 4.69) is 10.3 Å². The van der Waals surface area contributed by atoms with Crippen LogP contribution in [-0.4, -0.2) is 15.9 Å². The molecule has 2 aliphatic rings. The first kappa shape index (κ1) is 14.9. The third-order valence-corrected chi connectivity index (χ3v) is 5.77. The van der Waals surface area contributed by atoms with Crippen molar-refractivity contribution in [3.05, 3.63) is 11.1 Å². The zero-order valence-corrected chi connectivity index (χ0v) is 13.7. The number of carbonyl (C=O) groups is 1. The van der Waals surface area contributed by atoms with Gasteiger partial charge in [-0.3, -0.25) is 4.79 Å². The Morgan fingerprint density at radius 2 is 2.00 bits per heavy atom. The van der Waals surface area contributed by atoms with Crippen LogP contribution in [0.3, 0.4) is 0 Å². The van der Waals surface area contributed by atoms with Gasteiger partial charge in [0.1, 0.15) is 0 Å². The van der Waals surface area contributed by atoms with Crippen molar-refractivity contribution in [3.63, 3.8) is 0 Å². The van der Waals surface area contributed by atoms with Crippen LogP contribution >= 0.6 is 23.6 Å². The molecular weight excluding hydrogens is 302 g/mol. The Bertz CT molecular complexity index is 543. The average molecular weight is 323 g/mol. The highest BCUT2D eigenvalue weighted by molar-refractivity contribution is 7.80. The molecule has 2 saturated carbocycles. The first-order valence-electron chi connectivity index (χ1n) is 7.68. The zero-order chi connectivity index (χ0) is 14.9. The predicted molar refractivity (Wildman–Crippen MR) is 89.6 cm³/mol. The molecule has 0 radical (unpaired) electrons. The van der Waals surface area contributed by atoms with E-state index in [0.717, 1.165) is 44.2 Å². The van der Waals surface area contributed by atoms with Gasteiger partial charge in [0.05, 0.1) is 16.1 Å². The molecule has 0 atom stereocenters. The van der Waals surface area contributed by atoms with Crippen molar-refractivity contribution in [2.24, 2.45) is 11.1 Å². The van der Waals surface area contributed by atoms with Gasteiger partial charge in [-0.2, -0.15) is 0 Å². The van der Waals surface area contributed by atoms with Gasteiger partial charge < -0.3 is 11.1 Å². The maximum absolute atomic E-state index is 12.8. The number of carbonyl (C=O) groups excluding carboxylic acids is 1. The van der Waals surface area contributed by atoms with E-state index in [-0.39, 0.29) is 5.91 Å². The third-order valence-electron chi connectivity index (χ3n) is 4.60. The van der Waals surface area contributed by atoms with Crippen LogP contribution in [0.5, 0.6) is 0 Å². The first-order valence-corrected chi connectivity index (χ1v) is 8.97. The maximum atomic E-state index is 12.8. The molecule has 0 aromatic carbocycles. The Kier molecular flexibility index (Phi) is 4.26. The second-order valence-corrected chi connectivity index (χ2v) is 7.46. The van der Waals surface area contributed by atoms with E-state index in [4.69, 9.17) is 18.0 Å². The maximum Gasteiger partial charge on any atom is 0.239 e. The van der Waals surface area contributed by atoms with Gasteiger partial charge in [0, 0.05) is 11.3 Å². The number of thiazole rings is 1. The highest BCUT2D eigenvalue weighted by Crippen LogP contribution is 2.41. The van der Waals surface area contributed by atoms with Gasteiger partial charge >= 0.3 is 0 Å². The van der Waals surface area contributed by atoms with Crippen LogP contribution in [0.1, 0.15) is 63.0 Å². The number of nitrogens with two attached hydrogens (primary N) is 1. The lowest BCUT2D eigenvalue weighted by Gasteiger charge is -2.29.